The van der Waals surface area contributed by atoms with Crippen LogP contribution in [0.2, 0.25) is 0 Å². The minimum absolute atomic E-state index is 0.106. The fraction of sp³-hybridized carbons (Fsp3) is 0.727. The Morgan fingerprint density at radius 1 is 1.47 bits per heavy atom. The van der Waals surface area contributed by atoms with E-state index in [0.717, 1.165) is 0 Å². The molecule has 0 spiro atoms. The van der Waals surface area contributed by atoms with Crippen LogP contribution in [-0.2, 0) is 19.1 Å². The lowest BCUT2D eigenvalue weighted by Crippen LogP contribution is -2.44. The molecule has 0 saturated heterocycles. The molecule has 0 fully saturated rings. The van der Waals surface area contributed by atoms with E-state index in [0.29, 0.717) is 6.61 Å². The highest BCUT2D eigenvalue weighted by molar-refractivity contribution is 5.85. The van der Waals surface area contributed by atoms with Crippen molar-refractivity contribution in [2.24, 2.45) is 5.92 Å². The summed E-state index contributed by atoms with van der Waals surface area (Å²) in [4.78, 5) is 22.8. The van der Waals surface area contributed by atoms with Crippen molar-refractivity contribution in [3.63, 3.8) is 0 Å². The van der Waals surface area contributed by atoms with Crippen LogP contribution in [0.4, 0.5) is 0 Å². The number of hydrogen-bond donors (Lipinski definition) is 1. The number of hydrogen-bond acceptors (Lipinski definition) is 5. The largest absolute Gasteiger partial charge is 0.467 e. The van der Waals surface area contributed by atoms with Crippen LogP contribution in [0, 0.1) is 17.2 Å². The Morgan fingerprint density at radius 3 is 2.59 bits per heavy atom. The van der Waals surface area contributed by atoms with Crippen LogP contribution in [0.3, 0.4) is 0 Å². The van der Waals surface area contributed by atoms with Gasteiger partial charge in [0, 0.05) is 12.5 Å². The maximum absolute atomic E-state index is 11.4. The van der Waals surface area contributed by atoms with Gasteiger partial charge in [-0.15, -0.1) is 0 Å². The third kappa shape index (κ3) is 6.53. The van der Waals surface area contributed by atoms with E-state index < -0.39 is 17.9 Å². The van der Waals surface area contributed by atoms with E-state index >= 15 is 0 Å². The van der Waals surface area contributed by atoms with Gasteiger partial charge in [0.05, 0.1) is 13.2 Å². The number of carbonyl (C=O) groups excluding carboxylic acids is 2. The zero-order valence-corrected chi connectivity index (χ0v) is 10.4. The molecule has 0 aliphatic carbocycles. The summed E-state index contributed by atoms with van der Waals surface area (Å²) >= 11 is 0. The van der Waals surface area contributed by atoms with E-state index in [9.17, 15) is 9.59 Å². The summed E-state index contributed by atoms with van der Waals surface area (Å²) in [5.41, 5.74) is 0. The van der Waals surface area contributed by atoms with Gasteiger partial charge in [-0.05, 0) is 20.3 Å². The average molecular weight is 242 g/mol. The lowest BCUT2D eigenvalue weighted by atomic mass is 10.0. The molecular formula is C11H18N2O4. The Bertz CT molecular complexity index is 298. The lowest BCUT2D eigenvalue weighted by molar-refractivity contribution is -0.146. The van der Waals surface area contributed by atoms with E-state index in [1.165, 1.54) is 7.11 Å². The molecule has 0 saturated carbocycles. The predicted molar refractivity (Wildman–Crippen MR) is 59.8 cm³/mol. The molecule has 0 aliphatic rings. The SMILES string of the molecule is CCOCC(=O)N[C@H](C[C@H](C)C#N)C(=O)OC. The minimum atomic E-state index is -0.803. The van der Waals surface area contributed by atoms with Crippen LogP contribution in [-0.4, -0.2) is 38.2 Å². The van der Waals surface area contributed by atoms with Gasteiger partial charge >= 0.3 is 5.97 Å². The third-order valence-electron chi connectivity index (χ3n) is 2.07. The van der Waals surface area contributed by atoms with Crippen molar-refractivity contribution in [1.82, 2.24) is 5.32 Å². The van der Waals surface area contributed by atoms with E-state index in [1.54, 1.807) is 13.8 Å². The summed E-state index contributed by atoms with van der Waals surface area (Å²) in [5.74, 6) is -1.30. The fourth-order valence-electron chi connectivity index (χ4n) is 1.19. The molecule has 1 N–H and O–H groups in total. The molecule has 0 aromatic carbocycles. The van der Waals surface area contributed by atoms with Crippen molar-refractivity contribution < 1.29 is 19.1 Å². The van der Waals surface area contributed by atoms with Gasteiger partial charge in [0.2, 0.25) is 5.91 Å². The Hall–Kier alpha value is -1.61. The number of esters is 1. The standard InChI is InChI=1S/C11H18N2O4/c1-4-17-7-10(14)13-9(11(15)16-3)5-8(2)6-12/h8-9H,4-5,7H2,1-3H3,(H,13,14)/t8-,9+/m0/s1. The van der Waals surface area contributed by atoms with Gasteiger partial charge < -0.3 is 14.8 Å². The number of methoxy groups -OCH3 is 1. The second-order valence-corrected chi connectivity index (χ2v) is 3.55. The van der Waals surface area contributed by atoms with Gasteiger partial charge in [0.15, 0.2) is 0 Å². The predicted octanol–water partition coefficient (Wildman–Crippen LogP) is 0.230. The number of nitrogens with one attached hydrogen (secondary N) is 1. The molecule has 17 heavy (non-hydrogen) atoms. The number of amides is 1. The van der Waals surface area contributed by atoms with Crippen molar-refractivity contribution in [1.29, 1.82) is 5.26 Å². The first kappa shape index (κ1) is 15.4. The molecule has 0 unspecified atom stereocenters. The maximum atomic E-state index is 11.4. The molecule has 2 atom stereocenters. The maximum Gasteiger partial charge on any atom is 0.328 e. The Kier molecular flexibility index (Phi) is 7.72. The summed E-state index contributed by atoms with van der Waals surface area (Å²) in [6.45, 7) is 3.75. The zero-order valence-electron chi connectivity index (χ0n) is 10.4. The second kappa shape index (κ2) is 8.53. The number of ether oxygens (including phenoxy) is 2. The molecule has 1 amide bonds. The molecule has 0 radical (unpaired) electrons. The number of nitrogens with zero attached hydrogens (tertiary/aromatic N) is 1. The zero-order chi connectivity index (χ0) is 13.3. The van der Waals surface area contributed by atoms with E-state index in [2.05, 4.69) is 10.1 Å². The van der Waals surface area contributed by atoms with Crippen molar-refractivity contribution >= 4 is 11.9 Å². The van der Waals surface area contributed by atoms with Crippen molar-refractivity contribution in [2.75, 3.05) is 20.3 Å². The molecule has 6 nitrogen and oxygen atoms in total. The van der Waals surface area contributed by atoms with Crippen LogP contribution in [0.5, 0.6) is 0 Å². The highest BCUT2D eigenvalue weighted by Crippen LogP contribution is 2.06. The van der Waals surface area contributed by atoms with Crippen LogP contribution in [0.25, 0.3) is 0 Å². The topological polar surface area (TPSA) is 88.4 Å². The summed E-state index contributed by atoms with van der Waals surface area (Å²) in [6.07, 6.45) is 0.223. The molecule has 0 bridgehead atoms. The lowest BCUT2D eigenvalue weighted by Gasteiger charge is -2.17. The van der Waals surface area contributed by atoms with Crippen molar-refractivity contribution in [3.8, 4) is 6.07 Å². The smallest absolute Gasteiger partial charge is 0.328 e. The van der Waals surface area contributed by atoms with Gasteiger partial charge in [-0.3, -0.25) is 4.79 Å². The normalized spacial score (nSPS) is 13.3. The highest BCUT2D eigenvalue weighted by Gasteiger charge is 2.23. The Labute approximate surface area is 101 Å². The summed E-state index contributed by atoms with van der Waals surface area (Å²) in [6, 6.07) is 1.20. The van der Waals surface area contributed by atoms with Gasteiger partial charge in [-0.1, -0.05) is 0 Å². The van der Waals surface area contributed by atoms with Crippen LogP contribution < -0.4 is 5.32 Å². The summed E-state index contributed by atoms with van der Waals surface area (Å²) in [5, 5.41) is 11.2. The number of nitriles is 1. The van der Waals surface area contributed by atoms with E-state index in [-0.39, 0.29) is 18.9 Å². The molecule has 0 aromatic heterocycles. The van der Waals surface area contributed by atoms with Gasteiger partial charge in [0.25, 0.3) is 0 Å². The average Bonchev–Trinajstić information content (AvgIpc) is 2.34. The molecule has 6 heteroatoms. The van der Waals surface area contributed by atoms with Crippen LogP contribution in [0.15, 0.2) is 0 Å². The summed E-state index contributed by atoms with van der Waals surface area (Å²) in [7, 11) is 1.24. The van der Waals surface area contributed by atoms with Crippen LogP contribution in [0.1, 0.15) is 20.3 Å². The molecule has 0 rings (SSSR count). The van der Waals surface area contributed by atoms with E-state index in [4.69, 9.17) is 10.00 Å². The Balaban J connectivity index is 4.34. The molecule has 0 aliphatic heterocycles. The van der Waals surface area contributed by atoms with Crippen molar-refractivity contribution in [3.05, 3.63) is 0 Å². The molecular weight excluding hydrogens is 224 g/mol. The summed E-state index contributed by atoms with van der Waals surface area (Å²) < 4.78 is 9.47. The minimum Gasteiger partial charge on any atom is -0.467 e. The quantitative estimate of drug-likeness (QED) is 0.645. The van der Waals surface area contributed by atoms with Crippen molar-refractivity contribution in [2.45, 2.75) is 26.3 Å². The first-order chi connectivity index (χ1) is 8.04. The number of carbonyl (C=O) groups is 2. The van der Waals surface area contributed by atoms with Crippen LogP contribution >= 0.6 is 0 Å². The second-order valence-electron chi connectivity index (χ2n) is 3.55. The highest BCUT2D eigenvalue weighted by atomic mass is 16.5. The first-order valence-electron chi connectivity index (χ1n) is 5.39. The first-order valence-corrected chi connectivity index (χ1v) is 5.39. The molecule has 96 valence electrons. The third-order valence-corrected chi connectivity index (χ3v) is 2.07. The monoisotopic (exact) mass is 242 g/mol. The fourth-order valence-corrected chi connectivity index (χ4v) is 1.19. The molecule has 0 aromatic rings. The molecule has 0 heterocycles. The van der Waals surface area contributed by atoms with Gasteiger partial charge in [0.1, 0.15) is 12.6 Å². The van der Waals surface area contributed by atoms with Gasteiger partial charge in [-0.25, -0.2) is 4.79 Å². The number of rotatable bonds is 7. The van der Waals surface area contributed by atoms with E-state index in [1.807, 2.05) is 6.07 Å². The Morgan fingerprint density at radius 2 is 2.12 bits per heavy atom. The van der Waals surface area contributed by atoms with Gasteiger partial charge in [-0.2, -0.15) is 5.26 Å².